The SMILES string of the molecule is CCCCOC(=O)CC(C(=O)OCCCC)=P(c1ccc(O)cc1)(c1ccc(O)cc1)c1ccc(O)cc1. The Morgan fingerprint density at radius 3 is 1.37 bits per heavy atom. The Hall–Kier alpha value is -3.70. The number of aromatic hydroxyl groups is 3. The second-order valence-electron chi connectivity index (χ2n) is 8.91. The van der Waals surface area contributed by atoms with Gasteiger partial charge in [-0.1, -0.05) is 63.1 Å². The highest BCUT2D eigenvalue weighted by Gasteiger charge is 2.35. The minimum absolute atomic E-state index is 0.0503. The normalized spacial score (nSPS) is 11.1. The Morgan fingerprint density at radius 2 is 1.00 bits per heavy atom. The van der Waals surface area contributed by atoms with E-state index in [0.29, 0.717) is 28.8 Å². The molecule has 3 N–H and O–H groups in total. The molecule has 0 aliphatic heterocycles. The van der Waals surface area contributed by atoms with E-state index in [1.807, 2.05) is 13.8 Å². The van der Waals surface area contributed by atoms with Gasteiger partial charge in [-0.3, -0.25) is 4.79 Å². The molecule has 0 atom stereocenters. The summed E-state index contributed by atoms with van der Waals surface area (Å²) in [6, 6.07) is 19.6. The zero-order valence-corrected chi connectivity index (χ0v) is 22.7. The Kier molecular flexibility index (Phi) is 10.4. The van der Waals surface area contributed by atoms with Gasteiger partial charge in [0.2, 0.25) is 0 Å². The minimum Gasteiger partial charge on any atom is -0.508 e. The third-order valence-corrected chi connectivity index (χ3v) is 10.5. The maximum absolute atomic E-state index is 13.9. The van der Waals surface area contributed by atoms with Crippen molar-refractivity contribution < 1.29 is 34.4 Å². The van der Waals surface area contributed by atoms with Gasteiger partial charge < -0.3 is 24.8 Å². The van der Waals surface area contributed by atoms with Gasteiger partial charge in [-0.15, -0.1) is 0 Å². The first-order valence-corrected chi connectivity index (χ1v) is 14.6. The summed E-state index contributed by atoms with van der Waals surface area (Å²) >= 11 is 0. The minimum atomic E-state index is -3.11. The molecule has 0 saturated heterocycles. The van der Waals surface area contributed by atoms with Crippen LogP contribution < -0.4 is 15.9 Å². The average Bonchev–Trinajstić information content (AvgIpc) is 2.91. The van der Waals surface area contributed by atoms with Crippen LogP contribution in [0.1, 0.15) is 46.0 Å². The predicted molar refractivity (Wildman–Crippen MR) is 152 cm³/mol. The standard InChI is InChI=1S/C30H35O7P/c1-3-5-19-36-29(34)21-28(30(35)37-20-6-4-2)38(25-13-7-22(31)8-14-25,26-15-9-23(32)10-16-26)27-17-11-24(33)12-18-27/h7-18,31-33H,3-6,19-21H2,1-2H3. The van der Waals surface area contributed by atoms with Crippen molar-refractivity contribution in [1.29, 1.82) is 0 Å². The molecule has 0 amide bonds. The van der Waals surface area contributed by atoms with E-state index >= 15 is 0 Å². The molecule has 3 aromatic carbocycles. The summed E-state index contributed by atoms with van der Waals surface area (Å²) in [6.45, 7) is 1.32. The summed E-state index contributed by atoms with van der Waals surface area (Å²) < 4.78 is 11.2. The zero-order valence-electron chi connectivity index (χ0n) is 21.8. The summed E-state index contributed by atoms with van der Waals surface area (Å²) in [5, 5.41) is 32.5. The van der Waals surface area contributed by atoms with Crippen LogP contribution in [-0.4, -0.2) is 45.8 Å². The molecule has 202 valence electrons. The largest absolute Gasteiger partial charge is 0.508 e. The zero-order chi connectivity index (χ0) is 27.5. The summed E-state index contributed by atoms with van der Waals surface area (Å²) in [5.41, 5.74) is 0. The molecule has 0 heterocycles. The molecule has 8 heteroatoms. The number of phenolic OH excluding ortho intramolecular Hbond substituents is 3. The van der Waals surface area contributed by atoms with Crippen LogP contribution in [0, 0.1) is 0 Å². The van der Waals surface area contributed by atoms with Gasteiger partial charge in [-0.05, 0) is 72.0 Å². The Morgan fingerprint density at radius 1 is 0.632 bits per heavy atom. The predicted octanol–water partition coefficient (Wildman–Crippen LogP) is 4.35. The molecule has 0 radical (unpaired) electrons. The average molecular weight is 539 g/mol. The number of ether oxygens (including phenoxy) is 2. The van der Waals surface area contributed by atoms with Gasteiger partial charge in [0.25, 0.3) is 0 Å². The molecule has 3 rings (SSSR count). The van der Waals surface area contributed by atoms with Crippen LogP contribution >= 0.6 is 6.89 Å². The molecule has 0 unspecified atom stereocenters. The summed E-state index contributed by atoms with van der Waals surface area (Å²) in [5.74, 6) is -0.993. The fourth-order valence-corrected chi connectivity index (χ4v) is 8.50. The number of benzene rings is 3. The van der Waals surface area contributed by atoms with Crippen LogP contribution in [0.4, 0.5) is 0 Å². The molecule has 0 fully saturated rings. The number of carbonyl (C=O) groups excluding carboxylic acids is 2. The molecule has 0 bridgehead atoms. The van der Waals surface area contributed by atoms with Gasteiger partial charge in [-0.2, -0.15) is 0 Å². The molecule has 0 spiro atoms. The van der Waals surface area contributed by atoms with Crippen LogP contribution in [0.3, 0.4) is 0 Å². The lowest BCUT2D eigenvalue weighted by molar-refractivity contribution is -0.143. The van der Waals surface area contributed by atoms with E-state index in [2.05, 4.69) is 0 Å². The van der Waals surface area contributed by atoms with Gasteiger partial charge >= 0.3 is 11.9 Å². The lowest BCUT2D eigenvalue weighted by Crippen LogP contribution is -2.36. The van der Waals surface area contributed by atoms with Crippen molar-refractivity contribution in [3.05, 3.63) is 72.8 Å². The number of carbonyl (C=O) groups is 2. The van der Waals surface area contributed by atoms with E-state index in [1.165, 1.54) is 36.4 Å². The van der Waals surface area contributed by atoms with E-state index in [1.54, 1.807) is 36.4 Å². The quantitative estimate of drug-likeness (QED) is 0.179. The third-order valence-electron chi connectivity index (χ3n) is 6.16. The summed E-state index contributed by atoms with van der Waals surface area (Å²) in [7, 11) is 0. The Bertz CT molecular complexity index is 1150. The highest BCUT2D eigenvalue weighted by atomic mass is 31.2. The van der Waals surface area contributed by atoms with Crippen LogP contribution in [-0.2, 0) is 19.1 Å². The van der Waals surface area contributed by atoms with Gasteiger partial charge in [0.15, 0.2) is 0 Å². The van der Waals surface area contributed by atoms with Crippen LogP contribution in [0.2, 0.25) is 0 Å². The van der Waals surface area contributed by atoms with Gasteiger partial charge in [0.05, 0.1) is 24.9 Å². The number of rotatable bonds is 12. The molecule has 38 heavy (non-hydrogen) atoms. The van der Waals surface area contributed by atoms with Crippen molar-refractivity contribution in [2.24, 2.45) is 0 Å². The summed E-state index contributed by atoms with van der Waals surface area (Å²) in [4.78, 5) is 27.0. The maximum atomic E-state index is 13.9. The first kappa shape index (κ1) is 28.9. The van der Waals surface area contributed by atoms with Crippen LogP contribution in [0.25, 0.3) is 0 Å². The highest BCUT2D eigenvalue weighted by molar-refractivity contribution is 7.96. The van der Waals surface area contributed by atoms with Crippen molar-refractivity contribution in [3.8, 4) is 17.2 Å². The smallest absolute Gasteiger partial charge is 0.335 e. The number of hydrogen-bond acceptors (Lipinski definition) is 7. The topological polar surface area (TPSA) is 113 Å². The van der Waals surface area contributed by atoms with E-state index in [-0.39, 0.29) is 42.2 Å². The number of phenols is 3. The highest BCUT2D eigenvalue weighted by Crippen LogP contribution is 2.48. The molecule has 0 saturated carbocycles. The van der Waals surface area contributed by atoms with Gasteiger partial charge in [-0.25, -0.2) is 4.79 Å². The fourth-order valence-electron chi connectivity index (χ4n) is 4.18. The van der Waals surface area contributed by atoms with E-state index < -0.39 is 18.8 Å². The molecule has 3 aromatic rings. The molecular formula is C30H35O7P. The molecule has 7 nitrogen and oxygen atoms in total. The van der Waals surface area contributed by atoms with Crippen molar-refractivity contribution in [1.82, 2.24) is 0 Å². The van der Waals surface area contributed by atoms with Gasteiger partial charge in [0.1, 0.15) is 17.2 Å². The summed E-state index contributed by atoms with van der Waals surface area (Å²) in [6.07, 6.45) is 2.76. The Balaban J connectivity index is 2.43. The van der Waals surface area contributed by atoms with E-state index in [9.17, 15) is 24.9 Å². The molecular weight excluding hydrogens is 503 g/mol. The second kappa shape index (κ2) is 13.7. The number of esters is 2. The van der Waals surface area contributed by atoms with E-state index in [4.69, 9.17) is 9.47 Å². The lowest BCUT2D eigenvalue weighted by Gasteiger charge is -2.32. The Labute approximate surface area is 223 Å². The lowest BCUT2D eigenvalue weighted by atomic mass is 10.3. The van der Waals surface area contributed by atoms with Crippen molar-refractivity contribution in [2.75, 3.05) is 13.2 Å². The van der Waals surface area contributed by atoms with Crippen molar-refractivity contribution in [2.45, 2.75) is 46.0 Å². The third kappa shape index (κ3) is 6.78. The molecule has 0 aliphatic rings. The van der Waals surface area contributed by atoms with Gasteiger partial charge in [0, 0.05) is 0 Å². The second-order valence-corrected chi connectivity index (χ2v) is 12.3. The first-order chi connectivity index (χ1) is 18.3. The number of hydrogen-bond donors (Lipinski definition) is 3. The monoisotopic (exact) mass is 538 g/mol. The maximum Gasteiger partial charge on any atom is 0.335 e. The van der Waals surface area contributed by atoms with Crippen LogP contribution in [0.5, 0.6) is 17.2 Å². The fraction of sp³-hybridized carbons (Fsp3) is 0.300. The van der Waals surface area contributed by atoms with Crippen LogP contribution in [0.15, 0.2) is 72.8 Å². The molecule has 0 aliphatic carbocycles. The van der Waals surface area contributed by atoms with Crippen molar-refractivity contribution in [3.63, 3.8) is 0 Å². The van der Waals surface area contributed by atoms with Crippen molar-refractivity contribution >= 4 is 40.0 Å². The van der Waals surface area contributed by atoms with E-state index in [0.717, 1.165) is 12.8 Å². The first-order valence-electron chi connectivity index (χ1n) is 12.8. The molecule has 0 aromatic heterocycles. The number of unbranched alkanes of at least 4 members (excludes halogenated alkanes) is 2.